The molecule has 0 unspecified atom stereocenters. The number of nitrogens with zero attached hydrogens (tertiary/aromatic N) is 5. The summed E-state index contributed by atoms with van der Waals surface area (Å²) in [7, 11) is 0. The first kappa shape index (κ1) is 15.7. The molecule has 0 bridgehead atoms. The molecule has 3 aromatic heterocycles. The third kappa shape index (κ3) is 3.97. The molecule has 0 saturated heterocycles. The minimum atomic E-state index is 0.475. The Bertz CT molecular complexity index is 767. The maximum atomic E-state index is 6.14. The lowest BCUT2D eigenvalue weighted by molar-refractivity contribution is 0.660. The largest absolute Gasteiger partial charge is 0.393 e. The maximum absolute atomic E-state index is 6.14. The quantitative estimate of drug-likeness (QED) is 0.572. The molecule has 0 atom stereocenters. The average molecular weight is 324 g/mol. The summed E-state index contributed by atoms with van der Waals surface area (Å²) < 4.78 is 2.03. The van der Waals surface area contributed by atoms with Crippen molar-refractivity contribution < 1.29 is 0 Å². The van der Waals surface area contributed by atoms with E-state index in [1.807, 2.05) is 29.8 Å². The van der Waals surface area contributed by atoms with Gasteiger partial charge in [0.15, 0.2) is 11.6 Å². The highest BCUT2D eigenvalue weighted by molar-refractivity contribution is 5.76. The lowest BCUT2D eigenvalue weighted by Gasteiger charge is -2.12. The average Bonchev–Trinajstić information content (AvgIpc) is 3.10. The van der Waals surface area contributed by atoms with Crippen LogP contribution in [0.4, 0.5) is 23.1 Å². The molecular formula is C16H20N8. The number of hydrogen-bond acceptors (Lipinski definition) is 7. The normalized spacial score (nSPS) is 10.5. The third-order valence-corrected chi connectivity index (χ3v) is 3.49. The van der Waals surface area contributed by atoms with Crippen LogP contribution < -0.4 is 16.4 Å². The molecule has 8 heteroatoms. The van der Waals surface area contributed by atoms with Gasteiger partial charge in [0.2, 0.25) is 0 Å². The second-order valence-electron chi connectivity index (χ2n) is 5.41. The number of hydrogen-bond donors (Lipinski definition) is 3. The van der Waals surface area contributed by atoms with Gasteiger partial charge in [0.25, 0.3) is 0 Å². The molecule has 4 N–H and O–H groups in total. The molecule has 0 fully saturated rings. The van der Waals surface area contributed by atoms with Gasteiger partial charge in [-0.3, -0.25) is 0 Å². The van der Waals surface area contributed by atoms with Crippen molar-refractivity contribution in [1.29, 1.82) is 0 Å². The Morgan fingerprint density at radius 2 is 2.04 bits per heavy atom. The van der Waals surface area contributed by atoms with Crippen LogP contribution in [0, 0.1) is 6.92 Å². The topological polar surface area (TPSA) is 107 Å². The molecule has 24 heavy (non-hydrogen) atoms. The molecule has 0 amide bonds. The van der Waals surface area contributed by atoms with E-state index in [1.54, 1.807) is 18.7 Å². The molecule has 0 aromatic carbocycles. The van der Waals surface area contributed by atoms with Gasteiger partial charge in [-0.15, -0.1) is 0 Å². The van der Waals surface area contributed by atoms with Crippen LogP contribution in [-0.4, -0.2) is 31.0 Å². The predicted molar refractivity (Wildman–Crippen MR) is 94.0 cm³/mol. The van der Waals surface area contributed by atoms with Crippen LogP contribution >= 0.6 is 0 Å². The number of anilines is 4. The van der Waals surface area contributed by atoms with Gasteiger partial charge in [0.05, 0.1) is 6.33 Å². The van der Waals surface area contributed by atoms with Gasteiger partial charge in [-0.05, 0) is 25.0 Å². The SMILES string of the molecule is Cc1ccc(Nc2ncnc(NCCCn3ccnc3)c2N)nc1. The molecule has 0 aliphatic carbocycles. The molecule has 3 aromatic rings. The Morgan fingerprint density at radius 1 is 1.17 bits per heavy atom. The van der Waals surface area contributed by atoms with E-state index in [0.717, 1.165) is 25.1 Å². The maximum Gasteiger partial charge on any atom is 0.160 e. The molecule has 3 heterocycles. The van der Waals surface area contributed by atoms with E-state index in [2.05, 4.69) is 30.6 Å². The van der Waals surface area contributed by atoms with Crippen LogP contribution in [0.25, 0.3) is 0 Å². The number of rotatable bonds is 7. The summed E-state index contributed by atoms with van der Waals surface area (Å²) in [6, 6.07) is 3.86. The van der Waals surface area contributed by atoms with Crippen molar-refractivity contribution in [2.24, 2.45) is 0 Å². The number of nitrogens with one attached hydrogen (secondary N) is 2. The molecule has 3 rings (SSSR count). The van der Waals surface area contributed by atoms with Crippen LogP contribution in [0.5, 0.6) is 0 Å². The number of imidazole rings is 1. The van der Waals surface area contributed by atoms with Crippen molar-refractivity contribution in [2.45, 2.75) is 19.9 Å². The van der Waals surface area contributed by atoms with Gasteiger partial charge in [0.1, 0.15) is 17.8 Å². The fraction of sp³-hybridized carbons (Fsp3) is 0.250. The molecule has 0 spiro atoms. The highest BCUT2D eigenvalue weighted by atomic mass is 15.1. The van der Waals surface area contributed by atoms with E-state index < -0.39 is 0 Å². The summed E-state index contributed by atoms with van der Waals surface area (Å²) in [5, 5.41) is 6.35. The second-order valence-corrected chi connectivity index (χ2v) is 5.41. The van der Waals surface area contributed by atoms with Crippen molar-refractivity contribution in [3.8, 4) is 0 Å². The monoisotopic (exact) mass is 324 g/mol. The van der Waals surface area contributed by atoms with Crippen LogP contribution in [-0.2, 0) is 6.54 Å². The Hall–Kier alpha value is -3.16. The lowest BCUT2D eigenvalue weighted by atomic mass is 10.3. The zero-order chi connectivity index (χ0) is 16.8. The number of aryl methyl sites for hydroxylation is 2. The fourth-order valence-corrected chi connectivity index (χ4v) is 2.19. The van der Waals surface area contributed by atoms with Crippen molar-refractivity contribution >= 4 is 23.1 Å². The molecular weight excluding hydrogens is 304 g/mol. The van der Waals surface area contributed by atoms with Crippen molar-refractivity contribution in [3.63, 3.8) is 0 Å². The molecule has 0 aliphatic rings. The minimum Gasteiger partial charge on any atom is -0.393 e. The third-order valence-electron chi connectivity index (χ3n) is 3.49. The standard InChI is InChI=1S/C16H20N8/c1-12-3-4-13(20-9-12)23-16-14(17)15(21-10-22-16)19-5-2-7-24-8-6-18-11-24/h3-4,6,8-11H,2,5,7,17H2,1H3,(H2,19,20,21,22,23). The summed E-state index contributed by atoms with van der Waals surface area (Å²) in [5.41, 5.74) is 7.71. The summed E-state index contributed by atoms with van der Waals surface area (Å²) in [6.45, 7) is 3.62. The van der Waals surface area contributed by atoms with E-state index in [-0.39, 0.29) is 0 Å². The number of nitrogen functional groups attached to an aromatic ring is 1. The van der Waals surface area contributed by atoms with E-state index >= 15 is 0 Å². The number of aromatic nitrogens is 5. The van der Waals surface area contributed by atoms with Crippen molar-refractivity contribution in [1.82, 2.24) is 24.5 Å². The van der Waals surface area contributed by atoms with Crippen molar-refractivity contribution in [2.75, 3.05) is 22.9 Å². The van der Waals surface area contributed by atoms with E-state index in [0.29, 0.717) is 23.1 Å². The number of nitrogens with two attached hydrogens (primary N) is 1. The smallest absolute Gasteiger partial charge is 0.160 e. The Kier molecular flexibility index (Phi) is 4.85. The zero-order valence-corrected chi connectivity index (χ0v) is 13.5. The van der Waals surface area contributed by atoms with Gasteiger partial charge in [-0.25, -0.2) is 19.9 Å². The molecule has 0 saturated carbocycles. The molecule has 124 valence electrons. The summed E-state index contributed by atoms with van der Waals surface area (Å²) >= 11 is 0. The summed E-state index contributed by atoms with van der Waals surface area (Å²) in [4.78, 5) is 16.7. The van der Waals surface area contributed by atoms with Crippen LogP contribution in [0.15, 0.2) is 43.4 Å². The first-order chi connectivity index (χ1) is 11.7. The van der Waals surface area contributed by atoms with Gasteiger partial charge in [-0.2, -0.15) is 0 Å². The Labute approximate surface area is 140 Å². The first-order valence-electron chi connectivity index (χ1n) is 7.72. The minimum absolute atomic E-state index is 0.475. The first-order valence-corrected chi connectivity index (χ1v) is 7.72. The Morgan fingerprint density at radius 3 is 2.79 bits per heavy atom. The summed E-state index contributed by atoms with van der Waals surface area (Å²) in [6.07, 6.45) is 9.71. The van der Waals surface area contributed by atoms with Crippen molar-refractivity contribution in [3.05, 3.63) is 48.9 Å². The van der Waals surface area contributed by atoms with Gasteiger partial charge in [0, 0.05) is 31.7 Å². The highest BCUT2D eigenvalue weighted by Gasteiger charge is 2.08. The molecule has 8 nitrogen and oxygen atoms in total. The van der Waals surface area contributed by atoms with E-state index in [1.165, 1.54) is 6.33 Å². The number of pyridine rings is 1. The van der Waals surface area contributed by atoms with Crippen LogP contribution in [0.1, 0.15) is 12.0 Å². The van der Waals surface area contributed by atoms with Crippen LogP contribution in [0.3, 0.4) is 0 Å². The zero-order valence-electron chi connectivity index (χ0n) is 13.5. The van der Waals surface area contributed by atoms with Gasteiger partial charge >= 0.3 is 0 Å². The van der Waals surface area contributed by atoms with Gasteiger partial charge < -0.3 is 20.9 Å². The second kappa shape index (κ2) is 7.40. The van der Waals surface area contributed by atoms with E-state index in [4.69, 9.17) is 5.73 Å². The van der Waals surface area contributed by atoms with E-state index in [9.17, 15) is 0 Å². The fourth-order valence-electron chi connectivity index (χ4n) is 2.19. The molecule has 0 radical (unpaired) electrons. The lowest BCUT2D eigenvalue weighted by Crippen LogP contribution is -2.11. The highest BCUT2D eigenvalue weighted by Crippen LogP contribution is 2.24. The van der Waals surface area contributed by atoms with Gasteiger partial charge in [-0.1, -0.05) is 6.07 Å². The van der Waals surface area contributed by atoms with Crippen LogP contribution in [0.2, 0.25) is 0 Å². The molecule has 0 aliphatic heterocycles. The Balaban J connectivity index is 1.59. The predicted octanol–water partition coefficient (Wildman–Crippen LogP) is 2.20. The summed E-state index contributed by atoms with van der Waals surface area (Å²) in [5.74, 6) is 1.85.